The maximum atomic E-state index is 13.6. The third kappa shape index (κ3) is 9.46. The van der Waals surface area contributed by atoms with E-state index >= 15 is 0 Å². The first-order chi connectivity index (χ1) is 19.2. The summed E-state index contributed by atoms with van der Waals surface area (Å²) >= 11 is 6.75. The highest BCUT2D eigenvalue weighted by Gasteiger charge is 2.42. The van der Waals surface area contributed by atoms with Gasteiger partial charge in [0.25, 0.3) is 0 Å². The molecule has 0 radical (unpaired) electrons. The van der Waals surface area contributed by atoms with Gasteiger partial charge in [0.2, 0.25) is 0 Å². The van der Waals surface area contributed by atoms with Crippen molar-refractivity contribution in [1.29, 1.82) is 0 Å². The lowest BCUT2D eigenvalue weighted by molar-refractivity contribution is -0.137. The minimum absolute atomic E-state index is 0. The van der Waals surface area contributed by atoms with Crippen molar-refractivity contribution in [3.63, 3.8) is 0 Å². The fraction of sp³-hybridized carbons (Fsp3) is 0.600. The van der Waals surface area contributed by atoms with E-state index in [1.165, 1.54) is 14.2 Å². The summed E-state index contributed by atoms with van der Waals surface area (Å²) in [7, 11) is 9.03. The Balaban J connectivity index is 0.00000462. The predicted octanol–water partition coefficient (Wildman–Crippen LogP) is -0.801. The van der Waals surface area contributed by atoms with Gasteiger partial charge in [-0.2, -0.15) is 0 Å². The Morgan fingerprint density at radius 2 is 1.09 bits per heavy atom. The molecular formula is C30H52ClN5O8. The summed E-state index contributed by atoms with van der Waals surface area (Å²) in [5.41, 5.74) is 3.35. The van der Waals surface area contributed by atoms with Crippen LogP contribution in [0.25, 0.3) is 0 Å². The molecule has 13 nitrogen and oxygen atoms in total. The molecule has 3 aliphatic rings. The third-order valence-corrected chi connectivity index (χ3v) is 8.90. The summed E-state index contributed by atoms with van der Waals surface area (Å²) in [4.78, 5) is 38.7. The molecule has 14 heteroatoms. The van der Waals surface area contributed by atoms with E-state index in [9.17, 15) is 9.59 Å². The lowest BCUT2D eigenvalue weighted by atomic mass is 9.78. The molecule has 0 aliphatic carbocycles. The molecule has 0 spiro atoms. The maximum Gasteiger partial charge on any atom is 0.336 e. The molecule has 8 N–H and O–H groups in total. The molecule has 0 atom stereocenters. The Bertz CT molecular complexity index is 1070. The van der Waals surface area contributed by atoms with Gasteiger partial charge in [0, 0.05) is 102 Å². The van der Waals surface area contributed by atoms with Crippen LogP contribution in [-0.4, -0.2) is 159 Å². The highest BCUT2D eigenvalue weighted by Crippen LogP contribution is 2.46. The van der Waals surface area contributed by atoms with E-state index in [0.29, 0.717) is 34.6 Å². The number of carbonyl (C=O) groups excluding carboxylic acids is 2. The van der Waals surface area contributed by atoms with Crippen molar-refractivity contribution in [2.45, 2.75) is 18.8 Å². The molecule has 0 unspecified atom stereocenters. The zero-order chi connectivity index (χ0) is 28.8. The second-order valence-corrected chi connectivity index (χ2v) is 11.4. The summed E-state index contributed by atoms with van der Waals surface area (Å²) in [5.74, 6) is -1.59. The topological polar surface area (TPSA) is 195 Å². The second-order valence-electron chi connectivity index (χ2n) is 11.0. The first kappa shape index (κ1) is 41.4. The molecule has 2 saturated heterocycles. The van der Waals surface area contributed by atoms with Crippen LogP contribution in [0.1, 0.15) is 24.3 Å². The molecule has 2 fully saturated rings. The van der Waals surface area contributed by atoms with Crippen molar-refractivity contribution in [1.82, 2.24) is 24.5 Å². The number of rotatable bonds is 9. The summed E-state index contributed by atoms with van der Waals surface area (Å²) in [6.45, 7) is 9.61. The van der Waals surface area contributed by atoms with Crippen molar-refractivity contribution in [3.05, 3.63) is 57.4 Å². The van der Waals surface area contributed by atoms with Crippen LogP contribution in [0.3, 0.4) is 0 Å². The predicted molar refractivity (Wildman–Crippen MR) is 172 cm³/mol. The molecule has 0 aromatic heterocycles. The van der Waals surface area contributed by atoms with Gasteiger partial charge in [-0.25, -0.2) is 9.59 Å². The fourth-order valence-electron chi connectivity index (χ4n) is 5.99. The van der Waals surface area contributed by atoms with Gasteiger partial charge in [-0.15, -0.1) is 0 Å². The SMILES string of the molecule is COC(=O)C1=C(CCN2CCN(C)CC2)N(C)C(CCN2CCN(C)CC2)=C(C(=O)OC)C1c1ccccc1Cl.O.O.O.O. The molecular weight excluding hydrogens is 594 g/mol. The number of piperazine rings is 2. The van der Waals surface area contributed by atoms with Crippen LogP contribution in [0.15, 0.2) is 46.8 Å². The van der Waals surface area contributed by atoms with E-state index in [1.54, 1.807) is 6.07 Å². The number of esters is 2. The van der Waals surface area contributed by atoms with Crippen LogP contribution >= 0.6 is 11.6 Å². The molecule has 3 heterocycles. The van der Waals surface area contributed by atoms with Crippen molar-refractivity contribution < 1.29 is 41.0 Å². The van der Waals surface area contributed by atoms with Gasteiger partial charge in [0.05, 0.1) is 31.3 Å². The molecule has 252 valence electrons. The summed E-state index contributed by atoms with van der Waals surface area (Å²) in [5, 5.41) is 0.497. The monoisotopic (exact) mass is 645 g/mol. The van der Waals surface area contributed by atoms with Gasteiger partial charge in [-0.3, -0.25) is 0 Å². The molecule has 0 saturated carbocycles. The van der Waals surface area contributed by atoms with E-state index in [0.717, 1.165) is 76.8 Å². The molecule has 44 heavy (non-hydrogen) atoms. The Labute approximate surface area is 265 Å². The van der Waals surface area contributed by atoms with Crippen LogP contribution in [0.2, 0.25) is 5.02 Å². The van der Waals surface area contributed by atoms with Crippen LogP contribution in [0.4, 0.5) is 0 Å². The molecule has 1 aromatic carbocycles. The Morgan fingerprint density at radius 1 is 0.705 bits per heavy atom. The lowest BCUT2D eigenvalue weighted by Crippen LogP contribution is -2.46. The number of halogens is 1. The number of ether oxygens (including phenoxy) is 2. The number of carbonyl (C=O) groups is 2. The van der Waals surface area contributed by atoms with E-state index < -0.39 is 17.9 Å². The highest BCUT2D eigenvalue weighted by atomic mass is 35.5. The van der Waals surface area contributed by atoms with Crippen molar-refractivity contribution in [2.75, 3.05) is 101 Å². The zero-order valence-corrected chi connectivity index (χ0v) is 27.4. The lowest BCUT2D eigenvalue weighted by Gasteiger charge is -2.40. The number of benzene rings is 1. The highest BCUT2D eigenvalue weighted by molar-refractivity contribution is 6.31. The largest absolute Gasteiger partial charge is 0.466 e. The Kier molecular flexibility index (Phi) is 17.9. The average Bonchev–Trinajstić information content (AvgIpc) is 2.96. The smallest absolute Gasteiger partial charge is 0.336 e. The van der Waals surface area contributed by atoms with Crippen molar-refractivity contribution in [3.8, 4) is 0 Å². The Morgan fingerprint density at radius 3 is 1.45 bits per heavy atom. The van der Waals surface area contributed by atoms with E-state index in [-0.39, 0.29) is 21.9 Å². The van der Waals surface area contributed by atoms with Gasteiger partial charge in [-0.05, 0) is 25.7 Å². The summed E-state index contributed by atoms with van der Waals surface area (Å²) in [6.07, 6.45) is 1.30. The molecule has 0 amide bonds. The van der Waals surface area contributed by atoms with Crippen LogP contribution in [0, 0.1) is 0 Å². The first-order valence-corrected chi connectivity index (χ1v) is 14.6. The van der Waals surface area contributed by atoms with E-state index in [2.05, 4.69) is 38.6 Å². The van der Waals surface area contributed by atoms with Crippen LogP contribution in [0.5, 0.6) is 0 Å². The maximum absolute atomic E-state index is 13.6. The number of hydrogen-bond donors (Lipinski definition) is 0. The fourth-order valence-corrected chi connectivity index (χ4v) is 6.23. The van der Waals surface area contributed by atoms with Gasteiger partial charge in [-0.1, -0.05) is 29.8 Å². The Hall–Kier alpha value is -2.59. The minimum Gasteiger partial charge on any atom is -0.466 e. The van der Waals surface area contributed by atoms with Gasteiger partial charge < -0.3 is 55.9 Å². The van der Waals surface area contributed by atoms with Gasteiger partial charge >= 0.3 is 11.9 Å². The molecule has 4 rings (SSSR count). The first-order valence-electron chi connectivity index (χ1n) is 14.2. The molecule has 1 aromatic rings. The minimum atomic E-state index is -0.685. The number of likely N-dealkylation sites (N-methyl/N-ethyl adjacent to an activating group) is 2. The van der Waals surface area contributed by atoms with Crippen molar-refractivity contribution in [2.24, 2.45) is 0 Å². The van der Waals surface area contributed by atoms with Gasteiger partial charge in [0.15, 0.2) is 0 Å². The second kappa shape index (κ2) is 19.0. The van der Waals surface area contributed by atoms with E-state index in [4.69, 9.17) is 21.1 Å². The normalized spacial score (nSPS) is 18.9. The number of methoxy groups -OCH3 is 2. The number of hydrogen-bond acceptors (Lipinski definition) is 9. The molecule has 3 aliphatic heterocycles. The summed E-state index contributed by atoms with van der Waals surface area (Å²) < 4.78 is 10.7. The van der Waals surface area contributed by atoms with Crippen molar-refractivity contribution >= 4 is 23.5 Å². The quantitative estimate of drug-likeness (QED) is 0.309. The average molecular weight is 646 g/mol. The zero-order valence-electron chi connectivity index (χ0n) is 26.6. The number of nitrogens with zero attached hydrogens (tertiary/aromatic N) is 5. The van der Waals surface area contributed by atoms with E-state index in [1.807, 2.05) is 25.2 Å². The summed E-state index contributed by atoms with van der Waals surface area (Å²) in [6, 6.07) is 7.43. The van der Waals surface area contributed by atoms with Gasteiger partial charge in [0.1, 0.15) is 0 Å². The third-order valence-electron chi connectivity index (χ3n) is 8.56. The van der Waals surface area contributed by atoms with Crippen LogP contribution in [-0.2, 0) is 19.1 Å². The molecule has 0 bridgehead atoms. The van der Waals surface area contributed by atoms with Crippen LogP contribution < -0.4 is 0 Å². The standard InChI is InChI=1S/C30H44ClN5O4.4H2O/c1-32-14-18-35(19-15-32)12-10-24-27(29(37)39-4)26(22-8-6-7-9-23(22)31)28(30(38)40-5)25(34(24)3)11-13-36-20-16-33(2)17-21-36;;;;/h6-9,26H,10-21H2,1-5H3;4*1H2.